The predicted octanol–water partition coefficient (Wildman–Crippen LogP) is 3.34. The summed E-state index contributed by atoms with van der Waals surface area (Å²) in [5.74, 6) is -1.15. The van der Waals surface area contributed by atoms with Crippen molar-refractivity contribution >= 4 is 44.5 Å². The van der Waals surface area contributed by atoms with E-state index in [2.05, 4.69) is 44.5 Å². The molecule has 0 saturated carbocycles. The molecule has 0 bridgehead atoms. The highest BCUT2D eigenvalue weighted by molar-refractivity contribution is 9.13. The molecule has 0 aromatic heterocycles. The number of phenols is 1. The topological polar surface area (TPSA) is 20.2 Å². The molecule has 0 aliphatic carbocycles. The summed E-state index contributed by atoms with van der Waals surface area (Å²) in [4.78, 5) is 0.206. The van der Waals surface area contributed by atoms with Gasteiger partial charge >= 0.3 is 0 Å². The molecular formula is C6H3Br2FOS. The van der Waals surface area contributed by atoms with Crippen LogP contribution in [0.2, 0.25) is 0 Å². The van der Waals surface area contributed by atoms with Gasteiger partial charge in [0.05, 0.1) is 9.37 Å². The zero-order valence-electron chi connectivity index (χ0n) is 5.11. The van der Waals surface area contributed by atoms with E-state index in [0.29, 0.717) is 4.47 Å². The Morgan fingerprint density at radius 1 is 1.45 bits per heavy atom. The second-order valence-electron chi connectivity index (χ2n) is 1.85. The van der Waals surface area contributed by atoms with E-state index in [4.69, 9.17) is 5.11 Å². The van der Waals surface area contributed by atoms with Gasteiger partial charge in [-0.2, -0.15) is 0 Å². The molecule has 1 aromatic carbocycles. The molecule has 1 nitrogen and oxygen atoms in total. The summed E-state index contributed by atoms with van der Waals surface area (Å²) in [6.07, 6.45) is 0. The van der Waals surface area contributed by atoms with Crippen molar-refractivity contribution in [3.8, 4) is 5.75 Å². The second kappa shape index (κ2) is 3.33. The molecule has 5 heteroatoms. The summed E-state index contributed by atoms with van der Waals surface area (Å²) in [5, 5.41) is 9.01. The zero-order chi connectivity index (χ0) is 8.59. The van der Waals surface area contributed by atoms with Gasteiger partial charge in [0, 0.05) is 4.47 Å². The fourth-order valence-electron chi connectivity index (χ4n) is 0.573. The Bertz CT molecular complexity index is 277. The Morgan fingerprint density at radius 3 is 2.55 bits per heavy atom. The van der Waals surface area contributed by atoms with Gasteiger partial charge in [-0.3, -0.25) is 0 Å². The number of hydrogen-bond acceptors (Lipinski definition) is 2. The van der Waals surface area contributed by atoms with Gasteiger partial charge in [-0.05, 0) is 37.9 Å². The first-order valence-corrected chi connectivity index (χ1v) is 4.62. The minimum Gasteiger partial charge on any atom is -0.504 e. The van der Waals surface area contributed by atoms with Crippen molar-refractivity contribution in [1.82, 2.24) is 0 Å². The summed E-state index contributed by atoms with van der Waals surface area (Å²) >= 11 is 9.88. The van der Waals surface area contributed by atoms with Crippen LogP contribution in [0.5, 0.6) is 5.75 Å². The van der Waals surface area contributed by atoms with Crippen molar-refractivity contribution < 1.29 is 9.50 Å². The lowest BCUT2D eigenvalue weighted by atomic mass is 10.3. The predicted molar refractivity (Wildman–Crippen MR) is 50.7 cm³/mol. The van der Waals surface area contributed by atoms with Gasteiger partial charge in [0.15, 0.2) is 11.6 Å². The minimum absolute atomic E-state index is 0.202. The van der Waals surface area contributed by atoms with E-state index in [-0.39, 0.29) is 9.37 Å². The Kier molecular flexibility index (Phi) is 2.83. The number of benzene rings is 1. The van der Waals surface area contributed by atoms with Crippen LogP contribution < -0.4 is 0 Å². The quantitative estimate of drug-likeness (QED) is 0.556. The molecule has 0 unspecified atom stereocenters. The van der Waals surface area contributed by atoms with Crippen molar-refractivity contribution in [2.24, 2.45) is 0 Å². The Morgan fingerprint density at radius 2 is 2.00 bits per heavy atom. The van der Waals surface area contributed by atoms with Crippen LogP contribution in [0.25, 0.3) is 0 Å². The summed E-state index contributed by atoms with van der Waals surface area (Å²) in [6.45, 7) is 0. The fourth-order valence-corrected chi connectivity index (χ4v) is 1.68. The van der Waals surface area contributed by atoms with Crippen molar-refractivity contribution in [3.63, 3.8) is 0 Å². The van der Waals surface area contributed by atoms with Gasteiger partial charge in [0.25, 0.3) is 0 Å². The van der Waals surface area contributed by atoms with Crippen molar-refractivity contribution in [2.75, 3.05) is 0 Å². The largest absolute Gasteiger partial charge is 0.504 e. The summed E-state index contributed by atoms with van der Waals surface area (Å²) in [6, 6.07) is 1.51. The highest BCUT2D eigenvalue weighted by Gasteiger charge is 2.11. The smallest absolute Gasteiger partial charge is 0.181 e. The molecule has 60 valence electrons. The van der Waals surface area contributed by atoms with Gasteiger partial charge < -0.3 is 5.11 Å². The minimum atomic E-state index is -0.704. The molecule has 0 amide bonds. The first-order chi connectivity index (χ1) is 5.04. The van der Waals surface area contributed by atoms with Gasteiger partial charge in [-0.15, -0.1) is 12.6 Å². The van der Waals surface area contributed by atoms with Gasteiger partial charge in [0.1, 0.15) is 0 Å². The number of thiol groups is 1. The van der Waals surface area contributed by atoms with Crippen LogP contribution >= 0.6 is 44.5 Å². The van der Waals surface area contributed by atoms with Crippen LogP contribution in [0.3, 0.4) is 0 Å². The molecule has 0 atom stereocenters. The van der Waals surface area contributed by atoms with Gasteiger partial charge in [-0.25, -0.2) is 4.39 Å². The zero-order valence-corrected chi connectivity index (χ0v) is 9.17. The highest BCUT2D eigenvalue weighted by atomic mass is 79.9. The van der Waals surface area contributed by atoms with Crippen LogP contribution in [0, 0.1) is 5.82 Å². The molecule has 0 spiro atoms. The third kappa shape index (κ3) is 1.71. The van der Waals surface area contributed by atoms with E-state index in [1.54, 1.807) is 0 Å². The molecule has 0 saturated heterocycles. The monoisotopic (exact) mass is 300 g/mol. The average molecular weight is 302 g/mol. The number of halogens is 3. The van der Waals surface area contributed by atoms with E-state index in [1.807, 2.05) is 0 Å². The normalized spacial score (nSPS) is 10.2. The van der Waals surface area contributed by atoms with Crippen molar-refractivity contribution in [1.29, 1.82) is 0 Å². The third-order valence-corrected chi connectivity index (χ3v) is 3.39. The Hall–Kier alpha value is 0.260. The lowest BCUT2D eigenvalue weighted by Gasteiger charge is -2.02. The molecular weight excluding hydrogens is 299 g/mol. The van der Waals surface area contributed by atoms with Crippen LogP contribution in [0.15, 0.2) is 19.9 Å². The average Bonchev–Trinajstić information content (AvgIpc) is 1.97. The molecule has 0 aliphatic rings. The lowest BCUT2D eigenvalue weighted by Crippen LogP contribution is -1.82. The summed E-state index contributed by atoms with van der Waals surface area (Å²) < 4.78 is 13.6. The summed E-state index contributed by atoms with van der Waals surface area (Å²) in [5.41, 5.74) is 0. The van der Waals surface area contributed by atoms with E-state index >= 15 is 0 Å². The maximum absolute atomic E-state index is 12.9. The first kappa shape index (κ1) is 9.35. The number of aromatic hydroxyl groups is 1. The maximum atomic E-state index is 12.9. The fraction of sp³-hybridized carbons (Fsp3) is 0. The van der Waals surface area contributed by atoms with Crippen LogP contribution in [-0.4, -0.2) is 5.11 Å². The van der Waals surface area contributed by atoms with E-state index in [9.17, 15) is 4.39 Å². The van der Waals surface area contributed by atoms with Gasteiger partial charge in [-0.1, -0.05) is 0 Å². The molecule has 0 fully saturated rings. The first-order valence-electron chi connectivity index (χ1n) is 2.59. The van der Waals surface area contributed by atoms with Crippen LogP contribution in [-0.2, 0) is 0 Å². The molecule has 0 aliphatic heterocycles. The van der Waals surface area contributed by atoms with Gasteiger partial charge in [0.2, 0.25) is 0 Å². The number of hydrogen-bond donors (Lipinski definition) is 2. The Labute approximate surface area is 85.3 Å². The standard InChI is InChI=1S/C6H3Br2FOS/c7-2-1-3(11)6(10)5(9)4(2)8/h1,10-11H. The Balaban J connectivity index is 3.46. The molecule has 0 radical (unpaired) electrons. The maximum Gasteiger partial charge on any atom is 0.181 e. The van der Waals surface area contributed by atoms with Crippen LogP contribution in [0.4, 0.5) is 4.39 Å². The van der Waals surface area contributed by atoms with Crippen molar-refractivity contribution in [2.45, 2.75) is 4.90 Å². The lowest BCUT2D eigenvalue weighted by molar-refractivity contribution is 0.418. The van der Waals surface area contributed by atoms with E-state index in [0.717, 1.165) is 0 Å². The summed E-state index contributed by atoms with van der Waals surface area (Å²) in [7, 11) is 0. The van der Waals surface area contributed by atoms with Crippen molar-refractivity contribution in [3.05, 3.63) is 20.8 Å². The molecule has 0 heterocycles. The number of rotatable bonds is 0. The number of phenolic OH excluding ortho intramolecular Hbond substituents is 1. The van der Waals surface area contributed by atoms with Crippen LogP contribution in [0.1, 0.15) is 0 Å². The molecule has 1 N–H and O–H groups in total. The molecule has 1 rings (SSSR count). The SMILES string of the molecule is Oc1c(S)cc(Br)c(Br)c1F. The highest BCUT2D eigenvalue weighted by Crippen LogP contribution is 2.36. The molecule has 1 aromatic rings. The second-order valence-corrected chi connectivity index (χ2v) is 3.98. The third-order valence-electron chi connectivity index (χ3n) is 1.12. The van der Waals surface area contributed by atoms with E-state index in [1.165, 1.54) is 6.07 Å². The molecule has 11 heavy (non-hydrogen) atoms. The van der Waals surface area contributed by atoms with E-state index < -0.39 is 11.6 Å².